The molecule has 1 heteroatoms. The van der Waals surface area contributed by atoms with E-state index in [0.29, 0.717) is 0 Å². The SMILES string of the molecule is [CH]1[Te]C=C2C=CC=C12. The molecule has 1 radical (unpaired) electrons. The Morgan fingerprint density at radius 1 is 1.25 bits per heavy atom. The van der Waals surface area contributed by atoms with Crippen molar-refractivity contribution in [1.82, 2.24) is 0 Å². The molecule has 0 unspecified atom stereocenters. The average Bonchev–Trinajstić information content (AvgIpc) is 2.15. The van der Waals surface area contributed by atoms with Gasteiger partial charge in [-0.15, -0.1) is 0 Å². The Kier molecular flexibility index (Phi) is 1.06. The summed E-state index contributed by atoms with van der Waals surface area (Å²) in [5.74, 6) is 0. The monoisotopic (exact) mass is 219 g/mol. The summed E-state index contributed by atoms with van der Waals surface area (Å²) in [5.41, 5.74) is 2.93. The Bertz CT molecular complexity index is 196. The standard InChI is InChI=1S/C7H5Te/c1-2-6-4-8-5-7(6)3-1/h1-5H. The minimum absolute atomic E-state index is 0.149. The molecular formula is C7H5Te. The van der Waals surface area contributed by atoms with Crippen LogP contribution in [-0.4, -0.2) is 20.9 Å². The van der Waals surface area contributed by atoms with Crippen molar-refractivity contribution in [2.75, 3.05) is 0 Å². The summed E-state index contributed by atoms with van der Waals surface area (Å²) in [4.78, 5) is 0. The first-order valence-corrected chi connectivity index (χ1v) is 5.23. The Morgan fingerprint density at radius 2 is 2.25 bits per heavy atom. The number of rotatable bonds is 0. The van der Waals surface area contributed by atoms with Gasteiger partial charge in [-0.25, -0.2) is 0 Å². The Morgan fingerprint density at radius 3 is 3.12 bits per heavy atom. The summed E-state index contributed by atoms with van der Waals surface area (Å²) in [6.07, 6.45) is 6.48. The second-order valence-corrected chi connectivity index (χ2v) is 3.93. The first-order chi connectivity index (χ1) is 3.97. The Balaban J connectivity index is 2.49. The van der Waals surface area contributed by atoms with Crippen molar-refractivity contribution in [2.24, 2.45) is 0 Å². The fourth-order valence-electron chi connectivity index (χ4n) is 0.843. The number of fused-ring (bicyclic) bond motifs is 1. The summed E-state index contributed by atoms with van der Waals surface area (Å²) < 4.78 is 4.75. The van der Waals surface area contributed by atoms with Gasteiger partial charge in [0.25, 0.3) is 0 Å². The summed E-state index contributed by atoms with van der Waals surface area (Å²) in [6.45, 7) is 0. The van der Waals surface area contributed by atoms with Crippen LogP contribution in [0.15, 0.2) is 33.5 Å². The number of hydrogen-bond acceptors (Lipinski definition) is 0. The van der Waals surface area contributed by atoms with Gasteiger partial charge in [0.1, 0.15) is 0 Å². The van der Waals surface area contributed by atoms with E-state index in [1.165, 1.54) is 11.1 Å². The molecule has 0 bridgehead atoms. The van der Waals surface area contributed by atoms with Crippen molar-refractivity contribution in [3.05, 3.63) is 38.0 Å². The molecule has 0 atom stereocenters. The van der Waals surface area contributed by atoms with E-state index in [1.54, 1.807) is 0 Å². The van der Waals surface area contributed by atoms with E-state index >= 15 is 0 Å². The van der Waals surface area contributed by atoms with Crippen molar-refractivity contribution in [2.45, 2.75) is 0 Å². The molecule has 2 rings (SSSR count). The molecule has 0 N–H and O–H groups in total. The normalized spacial score (nSPS) is 23.0. The van der Waals surface area contributed by atoms with Gasteiger partial charge < -0.3 is 0 Å². The van der Waals surface area contributed by atoms with Gasteiger partial charge >= 0.3 is 58.9 Å². The fourth-order valence-corrected chi connectivity index (χ4v) is 3.10. The van der Waals surface area contributed by atoms with Gasteiger partial charge in [0.05, 0.1) is 0 Å². The molecule has 0 aromatic carbocycles. The van der Waals surface area contributed by atoms with Crippen LogP contribution in [0.4, 0.5) is 0 Å². The molecule has 0 spiro atoms. The summed E-state index contributed by atoms with van der Waals surface area (Å²) in [6, 6.07) is 0. The quantitative estimate of drug-likeness (QED) is 0.535. The molecule has 2 aliphatic rings. The second-order valence-electron chi connectivity index (χ2n) is 1.81. The van der Waals surface area contributed by atoms with Gasteiger partial charge in [0.2, 0.25) is 0 Å². The van der Waals surface area contributed by atoms with E-state index in [4.69, 9.17) is 0 Å². The summed E-state index contributed by atoms with van der Waals surface area (Å²) >= 11 is 0.149. The van der Waals surface area contributed by atoms with Crippen LogP contribution >= 0.6 is 0 Å². The van der Waals surface area contributed by atoms with E-state index in [-0.39, 0.29) is 20.9 Å². The zero-order valence-corrected chi connectivity index (χ0v) is 6.63. The van der Waals surface area contributed by atoms with Crippen LogP contribution in [0, 0.1) is 4.47 Å². The van der Waals surface area contributed by atoms with E-state index < -0.39 is 0 Å². The molecule has 1 heterocycles. The predicted octanol–water partition coefficient (Wildman–Crippen LogP) is 1.25. The molecule has 1 aliphatic carbocycles. The molecule has 0 saturated carbocycles. The van der Waals surface area contributed by atoms with Gasteiger partial charge in [-0.1, -0.05) is 0 Å². The third kappa shape index (κ3) is 0.588. The summed E-state index contributed by atoms with van der Waals surface area (Å²) in [7, 11) is 0. The molecule has 1 aliphatic heterocycles. The zero-order chi connectivity index (χ0) is 5.40. The van der Waals surface area contributed by atoms with E-state index in [2.05, 4.69) is 26.8 Å². The molecule has 0 nitrogen and oxygen atoms in total. The topological polar surface area (TPSA) is 0 Å². The van der Waals surface area contributed by atoms with Crippen LogP contribution in [0.2, 0.25) is 0 Å². The van der Waals surface area contributed by atoms with Gasteiger partial charge in [-0.05, 0) is 0 Å². The second kappa shape index (κ2) is 1.76. The van der Waals surface area contributed by atoms with Crippen molar-refractivity contribution in [1.29, 1.82) is 0 Å². The molecule has 0 aromatic heterocycles. The minimum atomic E-state index is 0.149. The fraction of sp³-hybridized carbons (Fsp3) is 0. The molecule has 0 fully saturated rings. The third-order valence-electron chi connectivity index (χ3n) is 1.27. The Hall–Kier alpha value is 0.00961. The average molecular weight is 217 g/mol. The number of hydrogen-bond donors (Lipinski definition) is 0. The van der Waals surface area contributed by atoms with Crippen molar-refractivity contribution < 1.29 is 0 Å². The molecule has 0 saturated heterocycles. The first kappa shape index (κ1) is 4.85. The third-order valence-corrected chi connectivity index (χ3v) is 3.50. The maximum atomic E-state index is 2.38. The molecule has 0 amide bonds. The van der Waals surface area contributed by atoms with Crippen molar-refractivity contribution in [3.63, 3.8) is 0 Å². The Labute approximate surface area is 59.1 Å². The van der Waals surface area contributed by atoms with Crippen LogP contribution in [0.25, 0.3) is 0 Å². The van der Waals surface area contributed by atoms with Crippen LogP contribution in [-0.2, 0) is 0 Å². The zero-order valence-electron chi connectivity index (χ0n) is 4.29. The van der Waals surface area contributed by atoms with Crippen LogP contribution in [0.5, 0.6) is 0 Å². The van der Waals surface area contributed by atoms with Gasteiger partial charge in [-0.2, -0.15) is 0 Å². The van der Waals surface area contributed by atoms with E-state index in [9.17, 15) is 0 Å². The van der Waals surface area contributed by atoms with E-state index in [0.717, 1.165) is 0 Å². The maximum absolute atomic E-state index is 2.38. The predicted molar refractivity (Wildman–Crippen MR) is 35.4 cm³/mol. The van der Waals surface area contributed by atoms with Gasteiger partial charge in [0.15, 0.2) is 0 Å². The van der Waals surface area contributed by atoms with Gasteiger partial charge in [0, 0.05) is 0 Å². The van der Waals surface area contributed by atoms with Crippen LogP contribution < -0.4 is 0 Å². The van der Waals surface area contributed by atoms with Crippen molar-refractivity contribution >= 4 is 20.9 Å². The molecule has 8 heavy (non-hydrogen) atoms. The van der Waals surface area contributed by atoms with Crippen LogP contribution in [0.3, 0.4) is 0 Å². The van der Waals surface area contributed by atoms with E-state index in [1.807, 2.05) is 0 Å². The van der Waals surface area contributed by atoms with Crippen LogP contribution in [0.1, 0.15) is 0 Å². The molecular weight excluding hydrogens is 212 g/mol. The molecule has 39 valence electrons. The van der Waals surface area contributed by atoms with Gasteiger partial charge in [-0.3, -0.25) is 0 Å². The number of allylic oxidation sites excluding steroid dienone is 5. The van der Waals surface area contributed by atoms with Crippen molar-refractivity contribution in [3.8, 4) is 0 Å². The summed E-state index contributed by atoms with van der Waals surface area (Å²) in [5, 5.41) is 0. The molecule has 0 aromatic rings. The first-order valence-electron chi connectivity index (χ1n) is 2.54.